The van der Waals surface area contributed by atoms with Crippen molar-refractivity contribution in [3.8, 4) is 6.07 Å². The summed E-state index contributed by atoms with van der Waals surface area (Å²) >= 11 is 0. The Balaban J connectivity index is 1.61. The molecule has 6 heteroatoms. The molecule has 0 atom stereocenters. The normalized spacial score (nSPS) is 9.96. The maximum absolute atomic E-state index is 12.3. The maximum Gasteiger partial charge on any atom is 0.291 e. The van der Waals surface area contributed by atoms with Gasteiger partial charge in [-0.1, -0.05) is 12.1 Å². The molecule has 0 bridgehead atoms. The third-order valence-electron chi connectivity index (χ3n) is 3.64. The molecule has 0 radical (unpaired) electrons. The van der Waals surface area contributed by atoms with E-state index < -0.39 is 0 Å². The average Bonchev–Trinajstić information content (AvgIpc) is 3.19. The van der Waals surface area contributed by atoms with E-state index in [1.165, 1.54) is 6.26 Å². The summed E-state index contributed by atoms with van der Waals surface area (Å²) < 4.78 is 5.03. The second-order valence-corrected chi connectivity index (χ2v) is 5.49. The zero-order valence-corrected chi connectivity index (χ0v) is 13.7. The van der Waals surface area contributed by atoms with Gasteiger partial charge in [0.1, 0.15) is 0 Å². The Morgan fingerprint density at radius 2 is 1.50 bits per heavy atom. The number of rotatable bonds is 5. The van der Waals surface area contributed by atoms with Crippen molar-refractivity contribution in [3.63, 3.8) is 0 Å². The number of carbonyl (C=O) groups excluding carboxylic acids is 2. The average molecular weight is 345 g/mol. The Kier molecular flexibility index (Phi) is 5.11. The highest BCUT2D eigenvalue weighted by Gasteiger charge is 2.10. The van der Waals surface area contributed by atoms with Crippen LogP contribution in [-0.4, -0.2) is 11.8 Å². The van der Waals surface area contributed by atoms with Crippen LogP contribution in [0.1, 0.15) is 26.5 Å². The van der Waals surface area contributed by atoms with Crippen LogP contribution < -0.4 is 10.6 Å². The minimum atomic E-state index is -0.357. The number of furan rings is 1. The van der Waals surface area contributed by atoms with Crippen LogP contribution in [0.2, 0.25) is 0 Å². The summed E-state index contributed by atoms with van der Waals surface area (Å²) in [6.07, 6.45) is 1.76. The number of hydrogen-bond donors (Lipinski definition) is 2. The summed E-state index contributed by atoms with van der Waals surface area (Å²) in [5.74, 6) is -0.404. The molecule has 0 aliphatic rings. The second-order valence-electron chi connectivity index (χ2n) is 5.49. The number of hydrogen-bond acceptors (Lipinski definition) is 4. The first-order chi connectivity index (χ1) is 12.7. The van der Waals surface area contributed by atoms with Crippen LogP contribution in [0, 0.1) is 11.3 Å². The molecule has 0 aliphatic heterocycles. The van der Waals surface area contributed by atoms with Crippen LogP contribution in [0.15, 0.2) is 71.3 Å². The van der Waals surface area contributed by atoms with Crippen molar-refractivity contribution in [1.29, 1.82) is 5.26 Å². The van der Waals surface area contributed by atoms with Gasteiger partial charge < -0.3 is 15.1 Å². The molecule has 0 unspecified atom stereocenters. The summed E-state index contributed by atoms with van der Waals surface area (Å²) in [4.78, 5) is 24.2. The van der Waals surface area contributed by atoms with E-state index in [4.69, 9.17) is 9.68 Å². The van der Waals surface area contributed by atoms with Gasteiger partial charge in [-0.15, -0.1) is 0 Å². The van der Waals surface area contributed by atoms with E-state index in [9.17, 15) is 9.59 Å². The van der Waals surface area contributed by atoms with Crippen molar-refractivity contribution >= 4 is 23.2 Å². The van der Waals surface area contributed by atoms with Crippen molar-refractivity contribution in [2.24, 2.45) is 0 Å². The van der Waals surface area contributed by atoms with Crippen molar-refractivity contribution in [1.82, 2.24) is 0 Å². The van der Waals surface area contributed by atoms with Crippen LogP contribution in [0.4, 0.5) is 11.4 Å². The summed E-state index contributed by atoms with van der Waals surface area (Å²) in [5, 5.41) is 14.1. The number of nitrogens with zero attached hydrogens (tertiary/aromatic N) is 1. The van der Waals surface area contributed by atoms with Crippen LogP contribution in [0.25, 0.3) is 0 Å². The molecule has 0 saturated heterocycles. The largest absolute Gasteiger partial charge is 0.459 e. The lowest BCUT2D eigenvalue weighted by atomic mass is 10.1. The lowest BCUT2D eigenvalue weighted by Gasteiger charge is -2.07. The highest BCUT2D eigenvalue weighted by atomic mass is 16.3. The van der Waals surface area contributed by atoms with Gasteiger partial charge in [-0.3, -0.25) is 9.59 Å². The Morgan fingerprint density at radius 1 is 0.885 bits per heavy atom. The molecule has 0 fully saturated rings. The molecule has 2 N–H and O–H groups in total. The monoisotopic (exact) mass is 345 g/mol. The molecule has 0 spiro atoms. The Labute approximate surface area is 150 Å². The fourth-order valence-electron chi connectivity index (χ4n) is 2.31. The van der Waals surface area contributed by atoms with Gasteiger partial charge in [0.25, 0.3) is 11.8 Å². The fraction of sp³-hybridized carbons (Fsp3) is 0.0500. The van der Waals surface area contributed by atoms with Gasteiger partial charge in [0.15, 0.2) is 5.76 Å². The van der Waals surface area contributed by atoms with E-state index in [-0.39, 0.29) is 17.6 Å². The minimum absolute atomic E-state index is 0.215. The molecule has 1 aromatic heterocycles. The van der Waals surface area contributed by atoms with Gasteiger partial charge in [0.2, 0.25) is 0 Å². The molecule has 2 aromatic carbocycles. The standard InChI is InChI=1S/C20H15N3O3/c21-12-11-14-3-7-16(8-4-14)22-19(24)15-5-9-17(10-6-15)23-20(25)18-2-1-13-26-18/h1-10,13H,11H2,(H,22,24)(H,23,25). The van der Waals surface area contributed by atoms with E-state index in [1.807, 2.05) is 0 Å². The number of anilines is 2. The van der Waals surface area contributed by atoms with E-state index in [1.54, 1.807) is 60.7 Å². The highest BCUT2D eigenvalue weighted by Crippen LogP contribution is 2.15. The van der Waals surface area contributed by atoms with Crippen molar-refractivity contribution < 1.29 is 14.0 Å². The molecule has 26 heavy (non-hydrogen) atoms. The second kappa shape index (κ2) is 7.81. The zero-order valence-electron chi connectivity index (χ0n) is 13.7. The minimum Gasteiger partial charge on any atom is -0.459 e. The van der Waals surface area contributed by atoms with Gasteiger partial charge in [-0.05, 0) is 54.1 Å². The molecule has 3 aromatic rings. The third-order valence-corrected chi connectivity index (χ3v) is 3.64. The fourth-order valence-corrected chi connectivity index (χ4v) is 2.31. The molecule has 3 rings (SSSR count). The van der Waals surface area contributed by atoms with Crippen LogP contribution in [0.3, 0.4) is 0 Å². The summed E-state index contributed by atoms with van der Waals surface area (Å²) in [7, 11) is 0. The van der Waals surface area contributed by atoms with Crippen molar-refractivity contribution in [3.05, 3.63) is 83.8 Å². The number of nitrogens with one attached hydrogen (secondary N) is 2. The van der Waals surface area contributed by atoms with Crippen molar-refractivity contribution in [2.45, 2.75) is 6.42 Å². The number of benzene rings is 2. The van der Waals surface area contributed by atoms with Gasteiger partial charge in [0.05, 0.1) is 18.8 Å². The first-order valence-corrected chi connectivity index (χ1v) is 7.88. The maximum atomic E-state index is 12.3. The molecule has 2 amide bonds. The molecule has 1 heterocycles. The number of amides is 2. The molecule has 0 aliphatic carbocycles. The van der Waals surface area contributed by atoms with Crippen molar-refractivity contribution in [2.75, 3.05) is 10.6 Å². The lowest BCUT2D eigenvalue weighted by molar-refractivity contribution is 0.0995. The van der Waals surface area contributed by atoms with E-state index in [0.29, 0.717) is 23.4 Å². The van der Waals surface area contributed by atoms with Gasteiger partial charge in [-0.25, -0.2) is 0 Å². The van der Waals surface area contributed by atoms with E-state index in [0.717, 1.165) is 5.56 Å². The predicted octanol–water partition coefficient (Wildman–Crippen LogP) is 3.85. The van der Waals surface area contributed by atoms with Gasteiger partial charge >= 0.3 is 0 Å². The number of nitriles is 1. The smallest absolute Gasteiger partial charge is 0.291 e. The summed E-state index contributed by atoms with van der Waals surface area (Å²) in [6, 6.07) is 18.9. The Morgan fingerprint density at radius 3 is 2.08 bits per heavy atom. The molecular weight excluding hydrogens is 330 g/mol. The summed E-state index contributed by atoms with van der Waals surface area (Å²) in [5.41, 5.74) is 2.56. The van der Waals surface area contributed by atoms with Crippen LogP contribution in [0.5, 0.6) is 0 Å². The molecule has 6 nitrogen and oxygen atoms in total. The summed E-state index contributed by atoms with van der Waals surface area (Å²) in [6.45, 7) is 0. The Hall–Kier alpha value is -3.85. The lowest BCUT2D eigenvalue weighted by Crippen LogP contribution is -2.13. The zero-order chi connectivity index (χ0) is 18.4. The van der Waals surface area contributed by atoms with E-state index >= 15 is 0 Å². The molecule has 128 valence electrons. The molecular formula is C20H15N3O3. The first-order valence-electron chi connectivity index (χ1n) is 7.88. The van der Waals surface area contributed by atoms with Gasteiger partial charge in [-0.2, -0.15) is 5.26 Å². The van der Waals surface area contributed by atoms with E-state index in [2.05, 4.69) is 16.7 Å². The molecule has 0 saturated carbocycles. The number of carbonyl (C=O) groups is 2. The van der Waals surface area contributed by atoms with Gasteiger partial charge in [0, 0.05) is 16.9 Å². The Bertz CT molecular complexity index is 937. The van der Waals surface area contributed by atoms with Crippen LogP contribution in [-0.2, 0) is 6.42 Å². The first kappa shape index (κ1) is 17.0. The quantitative estimate of drug-likeness (QED) is 0.734. The SMILES string of the molecule is N#CCc1ccc(NC(=O)c2ccc(NC(=O)c3ccco3)cc2)cc1. The van der Waals surface area contributed by atoms with Crippen LogP contribution >= 0.6 is 0 Å². The topological polar surface area (TPSA) is 95.1 Å². The highest BCUT2D eigenvalue weighted by molar-refractivity contribution is 6.05. The third kappa shape index (κ3) is 4.16. The predicted molar refractivity (Wildman–Crippen MR) is 96.8 cm³/mol.